The molecule has 1 amide bonds. The predicted octanol–water partition coefficient (Wildman–Crippen LogP) is 3.06. The Morgan fingerprint density at radius 2 is 2.30 bits per heavy atom. The van der Waals surface area contributed by atoms with E-state index < -0.39 is 0 Å². The van der Waals surface area contributed by atoms with Gasteiger partial charge in [-0.1, -0.05) is 18.5 Å². The molecule has 4 nitrogen and oxygen atoms in total. The minimum Gasteiger partial charge on any atom is -0.497 e. The van der Waals surface area contributed by atoms with E-state index in [9.17, 15) is 4.79 Å². The van der Waals surface area contributed by atoms with Crippen LogP contribution in [0.25, 0.3) is 10.1 Å². The van der Waals surface area contributed by atoms with Gasteiger partial charge in [0.25, 0.3) is 5.91 Å². The average Bonchev–Trinajstić information content (AvgIpc) is 2.81. The van der Waals surface area contributed by atoms with Crippen LogP contribution in [0.3, 0.4) is 0 Å². The number of ether oxygens (including phenoxy) is 1. The third kappa shape index (κ3) is 2.90. The number of methoxy groups -OCH3 is 1. The summed E-state index contributed by atoms with van der Waals surface area (Å²) in [4.78, 5) is 12.7. The molecule has 0 radical (unpaired) electrons. The van der Waals surface area contributed by atoms with E-state index in [0.717, 1.165) is 10.1 Å². The number of nitrogens with one attached hydrogen (secondary N) is 1. The highest BCUT2D eigenvalue weighted by Gasteiger charge is 2.19. The molecule has 0 aliphatic rings. The molecule has 1 unspecified atom stereocenters. The number of aliphatic hydroxyl groups excluding tert-OH is 1. The van der Waals surface area contributed by atoms with Crippen LogP contribution in [0.1, 0.15) is 23.0 Å². The Morgan fingerprint density at radius 3 is 2.90 bits per heavy atom. The molecular formula is C14H16ClNO3S. The molecule has 0 aliphatic carbocycles. The first-order chi connectivity index (χ1) is 9.60. The van der Waals surface area contributed by atoms with Gasteiger partial charge in [-0.25, -0.2) is 0 Å². The van der Waals surface area contributed by atoms with Gasteiger partial charge in [-0.05, 0) is 24.6 Å². The Morgan fingerprint density at radius 1 is 1.55 bits per heavy atom. The smallest absolute Gasteiger partial charge is 0.263 e. The number of fused-ring (bicyclic) bond motifs is 1. The van der Waals surface area contributed by atoms with Crippen LogP contribution in [-0.2, 0) is 0 Å². The van der Waals surface area contributed by atoms with E-state index in [1.54, 1.807) is 7.11 Å². The molecule has 1 atom stereocenters. The molecular weight excluding hydrogens is 298 g/mol. The van der Waals surface area contributed by atoms with Gasteiger partial charge in [0.2, 0.25) is 0 Å². The molecule has 1 aromatic heterocycles. The normalized spacial score (nSPS) is 12.4. The van der Waals surface area contributed by atoms with Crippen molar-refractivity contribution in [3.63, 3.8) is 0 Å². The lowest BCUT2D eigenvalue weighted by atomic mass is 10.2. The summed E-state index contributed by atoms with van der Waals surface area (Å²) in [5, 5.41) is 13.1. The van der Waals surface area contributed by atoms with Gasteiger partial charge >= 0.3 is 0 Å². The molecule has 0 saturated heterocycles. The number of carbonyl (C=O) groups excluding carboxylic acids is 1. The van der Waals surface area contributed by atoms with Crippen molar-refractivity contribution in [3.8, 4) is 5.75 Å². The third-order valence-corrected chi connectivity index (χ3v) is 4.76. The van der Waals surface area contributed by atoms with Crippen molar-refractivity contribution in [2.75, 3.05) is 13.7 Å². The second-order valence-electron chi connectivity index (χ2n) is 4.37. The van der Waals surface area contributed by atoms with Gasteiger partial charge in [-0.3, -0.25) is 4.79 Å². The van der Waals surface area contributed by atoms with Crippen molar-refractivity contribution in [1.82, 2.24) is 5.32 Å². The van der Waals surface area contributed by atoms with Crippen LogP contribution >= 0.6 is 22.9 Å². The molecule has 0 aliphatic heterocycles. The summed E-state index contributed by atoms with van der Waals surface area (Å²) in [5.41, 5.74) is 0. The maximum Gasteiger partial charge on any atom is 0.263 e. The van der Waals surface area contributed by atoms with Crippen LogP contribution in [-0.4, -0.2) is 30.8 Å². The molecule has 2 N–H and O–H groups in total. The largest absolute Gasteiger partial charge is 0.497 e. The minimum atomic E-state index is -0.254. The highest BCUT2D eigenvalue weighted by Crippen LogP contribution is 2.37. The maximum absolute atomic E-state index is 12.2. The second kappa shape index (κ2) is 6.43. The lowest BCUT2D eigenvalue weighted by Gasteiger charge is -2.13. The van der Waals surface area contributed by atoms with E-state index in [1.807, 2.05) is 25.1 Å². The Bertz CT molecular complexity index is 622. The van der Waals surface area contributed by atoms with Crippen LogP contribution in [0, 0.1) is 0 Å². The Balaban J connectivity index is 2.35. The molecule has 0 fully saturated rings. The monoisotopic (exact) mass is 313 g/mol. The zero-order valence-corrected chi connectivity index (χ0v) is 12.8. The quantitative estimate of drug-likeness (QED) is 0.892. The van der Waals surface area contributed by atoms with Gasteiger partial charge in [0, 0.05) is 10.1 Å². The van der Waals surface area contributed by atoms with Crippen LogP contribution in [0.5, 0.6) is 5.75 Å². The minimum absolute atomic E-state index is 0.0847. The average molecular weight is 314 g/mol. The van der Waals surface area contributed by atoms with Crippen LogP contribution in [0.15, 0.2) is 18.2 Å². The van der Waals surface area contributed by atoms with Crippen molar-refractivity contribution in [2.45, 2.75) is 19.4 Å². The fourth-order valence-corrected chi connectivity index (χ4v) is 3.24. The number of halogens is 1. The fraction of sp³-hybridized carbons (Fsp3) is 0.357. The van der Waals surface area contributed by atoms with E-state index in [4.69, 9.17) is 21.4 Å². The molecule has 2 rings (SSSR count). The van der Waals surface area contributed by atoms with Crippen LogP contribution in [0.2, 0.25) is 5.02 Å². The Kier molecular flexibility index (Phi) is 4.86. The van der Waals surface area contributed by atoms with Gasteiger partial charge in [-0.2, -0.15) is 0 Å². The predicted molar refractivity (Wildman–Crippen MR) is 82.0 cm³/mol. The number of hydrogen-bond acceptors (Lipinski definition) is 4. The summed E-state index contributed by atoms with van der Waals surface area (Å²) < 4.78 is 6.09. The first-order valence-electron chi connectivity index (χ1n) is 6.28. The standard InChI is InChI=1S/C14H16ClNO3S/c1-3-8(7-17)16-14(18)13-12(15)10-6-9(19-2)4-5-11(10)20-13/h4-6,8,17H,3,7H2,1-2H3,(H,16,18). The summed E-state index contributed by atoms with van der Waals surface area (Å²) >= 11 is 7.62. The number of aliphatic hydroxyl groups is 1. The summed E-state index contributed by atoms with van der Waals surface area (Å²) in [6.07, 6.45) is 0.665. The third-order valence-electron chi connectivity index (χ3n) is 3.09. The molecule has 6 heteroatoms. The van der Waals surface area contributed by atoms with Gasteiger partial charge < -0.3 is 15.2 Å². The lowest BCUT2D eigenvalue weighted by Crippen LogP contribution is -2.36. The zero-order valence-electron chi connectivity index (χ0n) is 11.3. The molecule has 1 heterocycles. The second-order valence-corrected chi connectivity index (χ2v) is 5.80. The van der Waals surface area contributed by atoms with Gasteiger partial charge in [-0.15, -0.1) is 11.3 Å². The van der Waals surface area contributed by atoms with Crippen molar-refractivity contribution in [1.29, 1.82) is 0 Å². The molecule has 108 valence electrons. The molecule has 0 bridgehead atoms. The number of thiophene rings is 1. The van der Waals surface area contributed by atoms with E-state index in [0.29, 0.717) is 22.1 Å². The van der Waals surface area contributed by atoms with Gasteiger partial charge in [0.1, 0.15) is 10.6 Å². The van der Waals surface area contributed by atoms with E-state index in [1.165, 1.54) is 11.3 Å². The van der Waals surface area contributed by atoms with Crippen molar-refractivity contribution in [2.24, 2.45) is 0 Å². The first kappa shape index (κ1) is 15.1. The van der Waals surface area contributed by atoms with E-state index >= 15 is 0 Å². The van der Waals surface area contributed by atoms with Crippen molar-refractivity contribution >= 4 is 38.9 Å². The fourth-order valence-electron chi connectivity index (χ4n) is 1.85. The lowest BCUT2D eigenvalue weighted by molar-refractivity contribution is 0.0919. The summed E-state index contributed by atoms with van der Waals surface area (Å²) in [7, 11) is 1.59. The number of benzene rings is 1. The number of hydrogen-bond donors (Lipinski definition) is 2. The SMILES string of the molecule is CCC(CO)NC(=O)c1sc2ccc(OC)cc2c1Cl. The summed E-state index contributed by atoms with van der Waals surface area (Å²) in [5.74, 6) is 0.446. The van der Waals surface area contributed by atoms with E-state index in [2.05, 4.69) is 5.32 Å². The van der Waals surface area contributed by atoms with Gasteiger partial charge in [0.05, 0.1) is 24.8 Å². The molecule has 0 spiro atoms. The first-order valence-corrected chi connectivity index (χ1v) is 7.47. The van der Waals surface area contributed by atoms with Crippen LogP contribution in [0.4, 0.5) is 0 Å². The Labute approximate surface area is 126 Å². The van der Waals surface area contributed by atoms with Crippen molar-refractivity contribution in [3.05, 3.63) is 28.1 Å². The summed E-state index contributed by atoms with van der Waals surface area (Å²) in [6.45, 7) is 1.82. The molecule has 20 heavy (non-hydrogen) atoms. The molecule has 0 saturated carbocycles. The zero-order chi connectivity index (χ0) is 14.7. The number of amides is 1. The highest BCUT2D eigenvalue weighted by atomic mass is 35.5. The topological polar surface area (TPSA) is 58.6 Å². The summed E-state index contributed by atoms with van der Waals surface area (Å²) in [6, 6.07) is 5.27. The molecule has 1 aromatic carbocycles. The number of rotatable bonds is 5. The van der Waals surface area contributed by atoms with E-state index in [-0.39, 0.29) is 18.6 Å². The Hall–Kier alpha value is -1.30. The maximum atomic E-state index is 12.2. The van der Waals surface area contributed by atoms with Crippen LogP contribution < -0.4 is 10.1 Å². The van der Waals surface area contributed by atoms with Crippen molar-refractivity contribution < 1.29 is 14.6 Å². The number of carbonyl (C=O) groups is 1. The molecule has 2 aromatic rings. The van der Waals surface area contributed by atoms with Gasteiger partial charge in [0.15, 0.2) is 0 Å². The highest BCUT2D eigenvalue weighted by molar-refractivity contribution is 7.21.